The first kappa shape index (κ1) is 11.3. The van der Waals surface area contributed by atoms with Crippen LogP contribution < -0.4 is 11.5 Å². The monoisotopic (exact) mass is 231 g/mol. The molecule has 0 aromatic carbocycles. The summed E-state index contributed by atoms with van der Waals surface area (Å²) in [6.45, 7) is 1.80. The maximum Gasteiger partial charge on any atom is 0.225 e. The number of rotatable bonds is 2. The van der Waals surface area contributed by atoms with Crippen molar-refractivity contribution < 1.29 is 4.79 Å². The van der Waals surface area contributed by atoms with Crippen LogP contribution in [0.25, 0.3) is 0 Å². The van der Waals surface area contributed by atoms with Gasteiger partial charge in [0.1, 0.15) is 18.5 Å². The lowest BCUT2D eigenvalue weighted by Gasteiger charge is -2.34. The van der Waals surface area contributed by atoms with Gasteiger partial charge in [0.15, 0.2) is 0 Å². The highest BCUT2D eigenvalue weighted by atomic mass is 16.1. The summed E-state index contributed by atoms with van der Waals surface area (Å²) in [4.78, 5) is 23.4. The Hall–Kier alpha value is -2.24. The van der Waals surface area contributed by atoms with E-state index in [9.17, 15) is 4.79 Å². The molecule has 0 radical (unpaired) electrons. The SMILES string of the molecule is CC1(c2ncncn2)C(N)=CC=CC1C(N)=O. The molecule has 0 spiro atoms. The average Bonchev–Trinajstić information content (AvgIpc) is 2.33. The molecule has 4 N–H and O–H groups in total. The predicted octanol–water partition coefficient (Wildman–Crippen LogP) is -0.357. The van der Waals surface area contributed by atoms with Gasteiger partial charge < -0.3 is 11.5 Å². The number of amides is 1. The third-order valence-electron chi connectivity index (χ3n) is 3.07. The summed E-state index contributed by atoms with van der Waals surface area (Å²) in [5.41, 5.74) is 11.1. The zero-order valence-electron chi connectivity index (χ0n) is 9.37. The van der Waals surface area contributed by atoms with Crippen molar-refractivity contribution in [3.05, 3.63) is 42.4 Å². The van der Waals surface area contributed by atoms with Gasteiger partial charge in [-0.15, -0.1) is 0 Å². The number of carbonyl (C=O) groups is 1. The Labute approximate surface area is 98.5 Å². The molecular weight excluding hydrogens is 218 g/mol. The molecule has 0 fully saturated rings. The number of hydrogen-bond acceptors (Lipinski definition) is 5. The summed E-state index contributed by atoms with van der Waals surface area (Å²) in [6.07, 6.45) is 7.90. The quantitative estimate of drug-likeness (QED) is 0.722. The first-order valence-corrected chi connectivity index (χ1v) is 5.13. The maximum absolute atomic E-state index is 11.5. The Bertz CT molecular complexity index is 496. The van der Waals surface area contributed by atoms with Crippen LogP contribution in [-0.4, -0.2) is 20.9 Å². The smallest absolute Gasteiger partial charge is 0.225 e. The molecule has 2 unspecified atom stereocenters. The molecular formula is C11H13N5O. The Balaban J connectivity index is 2.56. The fourth-order valence-corrected chi connectivity index (χ4v) is 1.97. The molecule has 2 rings (SSSR count). The second kappa shape index (κ2) is 3.97. The molecule has 1 heterocycles. The normalized spacial score (nSPS) is 27.6. The molecule has 1 aromatic heterocycles. The lowest BCUT2D eigenvalue weighted by atomic mass is 9.71. The minimum absolute atomic E-state index is 0.439. The van der Waals surface area contributed by atoms with E-state index in [1.54, 1.807) is 25.2 Å². The molecule has 6 nitrogen and oxygen atoms in total. The van der Waals surface area contributed by atoms with Gasteiger partial charge in [0, 0.05) is 5.70 Å². The number of aromatic nitrogens is 3. The summed E-state index contributed by atoms with van der Waals surface area (Å²) < 4.78 is 0. The standard InChI is InChI=1S/C11H13N5O/c1-11(10-15-5-14-6-16-10)7(9(13)17)3-2-4-8(11)12/h2-7H,12H2,1H3,(H2,13,17). The first-order valence-electron chi connectivity index (χ1n) is 5.13. The van der Waals surface area contributed by atoms with E-state index < -0.39 is 17.2 Å². The molecule has 0 aliphatic heterocycles. The van der Waals surface area contributed by atoms with Crippen molar-refractivity contribution in [1.82, 2.24) is 15.0 Å². The van der Waals surface area contributed by atoms with Crippen LogP contribution in [-0.2, 0) is 10.2 Å². The molecule has 0 saturated heterocycles. The van der Waals surface area contributed by atoms with Crippen molar-refractivity contribution in [2.45, 2.75) is 12.3 Å². The van der Waals surface area contributed by atoms with Crippen molar-refractivity contribution >= 4 is 5.91 Å². The second-order valence-electron chi connectivity index (χ2n) is 4.05. The fraction of sp³-hybridized carbons (Fsp3) is 0.273. The highest BCUT2D eigenvalue weighted by Gasteiger charge is 2.44. The van der Waals surface area contributed by atoms with E-state index in [2.05, 4.69) is 15.0 Å². The third kappa shape index (κ3) is 1.67. The molecule has 1 aliphatic rings. The van der Waals surface area contributed by atoms with Gasteiger partial charge in [0.25, 0.3) is 0 Å². The van der Waals surface area contributed by atoms with Crippen LogP contribution in [0.1, 0.15) is 12.7 Å². The summed E-state index contributed by atoms with van der Waals surface area (Å²) >= 11 is 0. The van der Waals surface area contributed by atoms with Crippen LogP contribution in [0.2, 0.25) is 0 Å². The van der Waals surface area contributed by atoms with E-state index >= 15 is 0 Å². The van der Waals surface area contributed by atoms with E-state index in [4.69, 9.17) is 11.5 Å². The largest absolute Gasteiger partial charge is 0.401 e. The third-order valence-corrected chi connectivity index (χ3v) is 3.07. The van der Waals surface area contributed by atoms with Gasteiger partial charge in [-0.3, -0.25) is 4.79 Å². The second-order valence-corrected chi connectivity index (χ2v) is 4.05. The molecule has 0 bridgehead atoms. The summed E-state index contributed by atoms with van der Waals surface area (Å²) in [6, 6.07) is 0. The van der Waals surface area contributed by atoms with Crippen LogP contribution in [0.4, 0.5) is 0 Å². The van der Waals surface area contributed by atoms with Crippen molar-refractivity contribution in [1.29, 1.82) is 0 Å². The fourth-order valence-electron chi connectivity index (χ4n) is 1.97. The van der Waals surface area contributed by atoms with Gasteiger partial charge in [-0.05, 0) is 13.0 Å². The number of hydrogen-bond donors (Lipinski definition) is 2. The van der Waals surface area contributed by atoms with Gasteiger partial charge in [0.2, 0.25) is 5.91 Å². The topological polar surface area (TPSA) is 108 Å². The highest BCUT2D eigenvalue weighted by Crippen LogP contribution is 2.37. The van der Waals surface area contributed by atoms with E-state index in [0.717, 1.165) is 0 Å². The van der Waals surface area contributed by atoms with Crippen LogP contribution in [0.15, 0.2) is 36.6 Å². The Morgan fingerprint density at radius 2 is 2.06 bits per heavy atom. The summed E-state index contributed by atoms with van der Waals surface area (Å²) in [5.74, 6) is -0.579. The lowest BCUT2D eigenvalue weighted by molar-refractivity contribution is -0.121. The van der Waals surface area contributed by atoms with E-state index in [1.807, 2.05) is 0 Å². The predicted molar refractivity (Wildman–Crippen MR) is 61.3 cm³/mol. The van der Waals surface area contributed by atoms with Gasteiger partial charge in [-0.25, -0.2) is 15.0 Å². The number of nitrogens with two attached hydrogens (primary N) is 2. The molecule has 1 aliphatic carbocycles. The number of carbonyl (C=O) groups excluding carboxylic acids is 1. The average molecular weight is 231 g/mol. The molecule has 1 aromatic rings. The van der Waals surface area contributed by atoms with Gasteiger partial charge in [0.05, 0.1) is 11.3 Å². The van der Waals surface area contributed by atoms with E-state index in [-0.39, 0.29) is 0 Å². The van der Waals surface area contributed by atoms with Crippen molar-refractivity contribution in [2.24, 2.45) is 17.4 Å². The van der Waals surface area contributed by atoms with E-state index in [1.165, 1.54) is 12.7 Å². The van der Waals surface area contributed by atoms with Gasteiger partial charge in [-0.1, -0.05) is 12.2 Å². The van der Waals surface area contributed by atoms with Crippen LogP contribution in [0, 0.1) is 5.92 Å². The van der Waals surface area contributed by atoms with Gasteiger partial charge >= 0.3 is 0 Å². The van der Waals surface area contributed by atoms with Crippen LogP contribution in [0.5, 0.6) is 0 Å². The highest BCUT2D eigenvalue weighted by molar-refractivity contribution is 5.81. The molecule has 88 valence electrons. The summed E-state index contributed by atoms with van der Waals surface area (Å²) in [5, 5.41) is 0. The van der Waals surface area contributed by atoms with Crippen LogP contribution >= 0.6 is 0 Å². The maximum atomic E-state index is 11.5. The Kier molecular flexibility index (Phi) is 2.63. The van der Waals surface area contributed by atoms with Crippen LogP contribution in [0.3, 0.4) is 0 Å². The Morgan fingerprint density at radius 1 is 1.41 bits per heavy atom. The minimum atomic E-state index is -0.816. The van der Waals surface area contributed by atoms with Crippen molar-refractivity contribution in [3.63, 3.8) is 0 Å². The zero-order chi connectivity index (χ0) is 12.5. The molecule has 1 amide bonds. The number of allylic oxidation sites excluding steroid dienone is 3. The zero-order valence-corrected chi connectivity index (χ0v) is 9.37. The number of primary amides is 1. The lowest BCUT2D eigenvalue weighted by Crippen LogP contribution is -2.45. The Morgan fingerprint density at radius 3 is 2.65 bits per heavy atom. The molecule has 6 heteroatoms. The van der Waals surface area contributed by atoms with Crippen molar-refractivity contribution in [2.75, 3.05) is 0 Å². The van der Waals surface area contributed by atoms with E-state index in [0.29, 0.717) is 11.5 Å². The minimum Gasteiger partial charge on any atom is -0.401 e. The number of nitrogens with zero attached hydrogens (tertiary/aromatic N) is 3. The first-order chi connectivity index (χ1) is 8.06. The molecule has 17 heavy (non-hydrogen) atoms. The molecule has 2 atom stereocenters. The molecule has 0 saturated carbocycles. The summed E-state index contributed by atoms with van der Waals surface area (Å²) in [7, 11) is 0. The van der Waals surface area contributed by atoms with Crippen molar-refractivity contribution in [3.8, 4) is 0 Å². The van der Waals surface area contributed by atoms with Gasteiger partial charge in [-0.2, -0.15) is 0 Å².